The van der Waals surface area contributed by atoms with Gasteiger partial charge in [0.25, 0.3) is 0 Å². The summed E-state index contributed by atoms with van der Waals surface area (Å²) in [6.45, 7) is 0. The van der Waals surface area contributed by atoms with E-state index in [9.17, 15) is 0 Å². The van der Waals surface area contributed by atoms with Crippen molar-refractivity contribution in [1.29, 1.82) is 0 Å². The van der Waals surface area contributed by atoms with Gasteiger partial charge in [0.15, 0.2) is 11.5 Å². The number of thiocarbonyl (C=S) groups is 1. The van der Waals surface area contributed by atoms with Gasteiger partial charge in [-0.1, -0.05) is 36.5 Å². The first kappa shape index (κ1) is 14.3. The van der Waals surface area contributed by atoms with Crippen molar-refractivity contribution >= 4 is 17.6 Å². The Morgan fingerprint density at radius 3 is 2.00 bits per heavy atom. The Morgan fingerprint density at radius 2 is 1.50 bits per heavy atom. The van der Waals surface area contributed by atoms with Gasteiger partial charge in [-0.15, -0.1) is 0 Å². The summed E-state index contributed by atoms with van der Waals surface area (Å²) in [6, 6.07) is 11.6. The predicted molar refractivity (Wildman–Crippen MR) is 83.2 cm³/mol. The molecular weight excluding hydrogens is 272 g/mol. The van der Waals surface area contributed by atoms with Gasteiger partial charge in [-0.05, 0) is 23.3 Å². The van der Waals surface area contributed by atoms with Crippen molar-refractivity contribution in [3.8, 4) is 28.4 Å². The molecule has 0 bridgehead atoms. The van der Waals surface area contributed by atoms with Gasteiger partial charge in [-0.2, -0.15) is 0 Å². The second-order valence-corrected chi connectivity index (χ2v) is 4.27. The van der Waals surface area contributed by atoms with Gasteiger partial charge in [0.05, 0.1) is 26.7 Å². The Bertz CT molecular complexity index is 598. The lowest BCUT2D eigenvalue weighted by Crippen LogP contribution is -1.96. The third kappa shape index (κ3) is 2.60. The molecule has 0 fully saturated rings. The average molecular weight is 287 g/mol. The van der Waals surface area contributed by atoms with E-state index in [0.29, 0.717) is 17.2 Å². The third-order valence-electron chi connectivity index (χ3n) is 3.01. The molecule has 2 rings (SSSR count). The number of rotatable bonds is 5. The fraction of sp³-hybridized carbons (Fsp3) is 0.188. The maximum absolute atomic E-state index is 5.36. The minimum absolute atomic E-state index is 0.572. The molecule has 0 unspecified atom stereocenters. The van der Waals surface area contributed by atoms with Gasteiger partial charge in [0.2, 0.25) is 5.75 Å². The zero-order valence-electron chi connectivity index (χ0n) is 11.6. The van der Waals surface area contributed by atoms with E-state index >= 15 is 0 Å². The molecule has 2 aromatic carbocycles. The molecule has 0 spiro atoms. The fourth-order valence-electron chi connectivity index (χ4n) is 2.06. The Morgan fingerprint density at radius 1 is 0.900 bits per heavy atom. The predicted octanol–water partition coefficient (Wildman–Crippen LogP) is 3.60. The standard InChI is InChI=1S/C16H15O3S/c1-17-14-8-12(9-15(18-2)16(14)19-3)13-7-5-4-6-11(13)10-20/h4-9H,1-3H3. The van der Waals surface area contributed by atoms with Crippen LogP contribution < -0.4 is 14.2 Å². The van der Waals surface area contributed by atoms with E-state index in [1.807, 2.05) is 36.4 Å². The molecule has 4 heteroatoms. The zero-order valence-corrected chi connectivity index (χ0v) is 12.4. The number of methoxy groups -OCH3 is 3. The average Bonchev–Trinajstić information content (AvgIpc) is 2.53. The molecule has 0 saturated carbocycles. The van der Waals surface area contributed by atoms with Crippen LogP contribution in [0, 0.1) is 0 Å². The molecule has 103 valence electrons. The number of ether oxygens (including phenoxy) is 3. The van der Waals surface area contributed by atoms with Crippen LogP contribution in [0.1, 0.15) is 5.56 Å². The summed E-state index contributed by atoms with van der Waals surface area (Å²) in [6.07, 6.45) is 0. The molecule has 0 aliphatic heterocycles. The van der Waals surface area contributed by atoms with E-state index in [-0.39, 0.29) is 0 Å². The number of hydrogen-bond acceptors (Lipinski definition) is 4. The van der Waals surface area contributed by atoms with Crippen LogP contribution in [0.15, 0.2) is 36.4 Å². The van der Waals surface area contributed by atoms with Crippen molar-refractivity contribution in [2.45, 2.75) is 0 Å². The molecule has 0 saturated heterocycles. The van der Waals surface area contributed by atoms with E-state index in [1.165, 1.54) is 0 Å². The summed E-state index contributed by atoms with van der Waals surface area (Å²) in [5.41, 5.74) is 2.77. The van der Waals surface area contributed by atoms with Crippen LogP contribution in [0.25, 0.3) is 11.1 Å². The van der Waals surface area contributed by atoms with Gasteiger partial charge < -0.3 is 14.2 Å². The third-order valence-corrected chi connectivity index (χ3v) is 3.23. The smallest absolute Gasteiger partial charge is 0.203 e. The van der Waals surface area contributed by atoms with E-state index < -0.39 is 0 Å². The van der Waals surface area contributed by atoms with Crippen molar-refractivity contribution in [1.82, 2.24) is 0 Å². The maximum Gasteiger partial charge on any atom is 0.203 e. The van der Waals surface area contributed by atoms with Crippen LogP contribution in [0.2, 0.25) is 0 Å². The maximum atomic E-state index is 5.36. The lowest BCUT2D eigenvalue weighted by molar-refractivity contribution is 0.324. The second-order valence-electron chi connectivity index (χ2n) is 4.06. The normalized spacial score (nSPS) is 9.95. The van der Waals surface area contributed by atoms with E-state index in [4.69, 9.17) is 26.4 Å². The summed E-state index contributed by atoms with van der Waals surface area (Å²) in [5.74, 6) is 1.80. The Labute approximate surface area is 124 Å². The van der Waals surface area contributed by atoms with Gasteiger partial charge in [-0.3, -0.25) is 0 Å². The van der Waals surface area contributed by atoms with Crippen molar-refractivity contribution in [3.63, 3.8) is 0 Å². The topological polar surface area (TPSA) is 27.7 Å². The van der Waals surface area contributed by atoms with Crippen molar-refractivity contribution in [3.05, 3.63) is 42.0 Å². The Kier molecular flexibility index (Phi) is 4.58. The van der Waals surface area contributed by atoms with E-state index in [2.05, 4.69) is 5.37 Å². The van der Waals surface area contributed by atoms with Crippen LogP contribution >= 0.6 is 12.2 Å². The molecule has 1 radical (unpaired) electrons. The molecule has 3 nitrogen and oxygen atoms in total. The molecule has 0 atom stereocenters. The van der Waals surface area contributed by atoms with Crippen LogP contribution in [-0.2, 0) is 0 Å². The highest BCUT2D eigenvalue weighted by Crippen LogP contribution is 2.41. The monoisotopic (exact) mass is 287 g/mol. The van der Waals surface area contributed by atoms with Gasteiger partial charge in [0.1, 0.15) is 0 Å². The number of benzene rings is 2. The molecule has 0 amide bonds. The molecule has 20 heavy (non-hydrogen) atoms. The highest BCUT2D eigenvalue weighted by atomic mass is 32.1. The van der Waals surface area contributed by atoms with Gasteiger partial charge >= 0.3 is 0 Å². The highest BCUT2D eigenvalue weighted by Gasteiger charge is 2.15. The molecule has 2 aromatic rings. The molecular formula is C16H15O3S. The van der Waals surface area contributed by atoms with E-state index in [0.717, 1.165) is 16.7 Å². The van der Waals surface area contributed by atoms with Crippen LogP contribution in [0.4, 0.5) is 0 Å². The van der Waals surface area contributed by atoms with E-state index in [1.54, 1.807) is 21.3 Å². The summed E-state index contributed by atoms with van der Waals surface area (Å²) >= 11 is 4.94. The van der Waals surface area contributed by atoms with Gasteiger partial charge in [-0.25, -0.2) is 0 Å². The Hall–Kier alpha value is -2.07. The lowest BCUT2D eigenvalue weighted by Gasteiger charge is -2.15. The molecule has 0 N–H and O–H groups in total. The molecule has 0 aliphatic rings. The molecule has 0 aliphatic carbocycles. The Balaban J connectivity index is 2.66. The van der Waals surface area contributed by atoms with Crippen LogP contribution in [0.5, 0.6) is 17.2 Å². The minimum Gasteiger partial charge on any atom is -0.493 e. The van der Waals surface area contributed by atoms with Crippen LogP contribution in [-0.4, -0.2) is 26.7 Å². The fourth-order valence-corrected chi connectivity index (χ4v) is 2.24. The van der Waals surface area contributed by atoms with Crippen LogP contribution in [0.3, 0.4) is 0 Å². The summed E-state index contributed by atoms with van der Waals surface area (Å²) < 4.78 is 16.0. The first-order valence-corrected chi connectivity index (χ1v) is 6.43. The number of hydrogen-bond donors (Lipinski definition) is 0. The summed E-state index contributed by atoms with van der Waals surface area (Å²) in [4.78, 5) is 0. The minimum atomic E-state index is 0.572. The highest BCUT2D eigenvalue weighted by molar-refractivity contribution is 7.79. The first-order valence-electron chi connectivity index (χ1n) is 6.02. The first-order chi connectivity index (χ1) is 9.74. The summed E-state index contributed by atoms with van der Waals surface area (Å²) in [5, 5.41) is 2.77. The SMILES string of the molecule is COc1cc(-c2ccccc2[C]=S)cc(OC)c1OC. The quantitative estimate of drug-likeness (QED) is 0.785. The molecule has 0 heterocycles. The largest absolute Gasteiger partial charge is 0.493 e. The lowest BCUT2D eigenvalue weighted by atomic mass is 10.00. The van der Waals surface area contributed by atoms with Crippen molar-refractivity contribution < 1.29 is 14.2 Å². The summed E-state index contributed by atoms with van der Waals surface area (Å²) in [7, 11) is 4.77. The van der Waals surface area contributed by atoms with Crippen molar-refractivity contribution in [2.24, 2.45) is 0 Å². The zero-order chi connectivity index (χ0) is 14.5. The molecule has 0 aromatic heterocycles. The van der Waals surface area contributed by atoms with Gasteiger partial charge in [0, 0.05) is 5.56 Å². The van der Waals surface area contributed by atoms with Crippen molar-refractivity contribution in [2.75, 3.05) is 21.3 Å². The second kappa shape index (κ2) is 6.39.